The predicted octanol–water partition coefficient (Wildman–Crippen LogP) is 2.16. The van der Waals surface area contributed by atoms with Crippen molar-refractivity contribution >= 4 is 11.5 Å². The Kier molecular flexibility index (Phi) is 3.72. The van der Waals surface area contributed by atoms with Crippen LogP contribution < -0.4 is 10.6 Å². The molecule has 20 heavy (non-hydrogen) atoms. The van der Waals surface area contributed by atoms with Gasteiger partial charge < -0.3 is 10.6 Å². The number of aliphatic imine (C=N–C) groups is 1. The number of rotatable bonds is 3. The molecule has 0 unspecified atom stereocenters. The minimum absolute atomic E-state index is 0.571. The number of nitrogens with two attached hydrogens (primary N) is 1. The van der Waals surface area contributed by atoms with E-state index >= 15 is 0 Å². The van der Waals surface area contributed by atoms with Crippen molar-refractivity contribution in [1.82, 2.24) is 4.98 Å². The number of hydrogen-bond donors (Lipinski definition) is 1. The molecule has 0 amide bonds. The van der Waals surface area contributed by atoms with E-state index in [0.29, 0.717) is 12.5 Å². The van der Waals surface area contributed by atoms with Crippen molar-refractivity contribution in [3.8, 4) is 0 Å². The lowest BCUT2D eigenvalue weighted by Crippen LogP contribution is -2.36. The van der Waals surface area contributed by atoms with E-state index in [1.54, 1.807) is 0 Å². The van der Waals surface area contributed by atoms with Crippen LogP contribution in [0.4, 0.5) is 5.82 Å². The van der Waals surface area contributed by atoms with Crippen LogP contribution in [0.3, 0.4) is 0 Å². The number of nitrogens with zero attached hydrogens (tertiary/aromatic N) is 3. The van der Waals surface area contributed by atoms with E-state index < -0.39 is 0 Å². The van der Waals surface area contributed by atoms with Gasteiger partial charge in [0, 0.05) is 36.6 Å². The van der Waals surface area contributed by atoms with Crippen LogP contribution in [0.1, 0.15) is 25.3 Å². The molecule has 0 aliphatic carbocycles. The molecule has 106 valence electrons. The Labute approximate surface area is 120 Å². The molecule has 4 nitrogen and oxygen atoms in total. The first-order valence-corrected chi connectivity index (χ1v) is 7.46. The maximum atomic E-state index is 5.80. The Morgan fingerprint density at radius 3 is 2.65 bits per heavy atom. The van der Waals surface area contributed by atoms with Crippen LogP contribution in [0, 0.1) is 5.92 Å². The van der Waals surface area contributed by atoms with Crippen molar-refractivity contribution in [1.29, 1.82) is 0 Å². The molecule has 0 spiro atoms. The summed E-state index contributed by atoms with van der Waals surface area (Å²) in [6.45, 7) is 4.95. The molecule has 1 aromatic rings. The summed E-state index contributed by atoms with van der Waals surface area (Å²) in [4.78, 5) is 11.5. The summed E-state index contributed by atoms with van der Waals surface area (Å²) in [6.07, 6.45) is 7.38. The second kappa shape index (κ2) is 5.65. The molecule has 3 heterocycles. The maximum Gasteiger partial charge on any atom is 0.128 e. The zero-order valence-corrected chi connectivity index (χ0v) is 12.0. The summed E-state index contributed by atoms with van der Waals surface area (Å²) in [6, 6.07) is 4.32. The summed E-state index contributed by atoms with van der Waals surface area (Å²) in [5.41, 5.74) is 9.21. The second-order valence-corrected chi connectivity index (χ2v) is 5.60. The molecule has 0 radical (unpaired) electrons. The topological polar surface area (TPSA) is 54.5 Å². The highest BCUT2D eigenvalue weighted by atomic mass is 15.2. The number of aryl methyl sites for hydroxylation is 1. The van der Waals surface area contributed by atoms with Crippen molar-refractivity contribution in [3.63, 3.8) is 0 Å². The Bertz CT molecular complexity index is 522. The first-order valence-electron chi connectivity index (χ1n) is 7.46. The van der Waals surface area contributed by atoms with Gasteiger partial charge in [0.15, 0.2) is 0 Å². The van der Waals surface area contributed by atoms with Crippen molar-refractivity contribution in [2.45, 2.75) is 26.2 Å². The number of piperidine rings is 1. The highest BCUT2D eigenvalue weighted by Crippen LogP contribution is 2.25. The van der Waals surface area contributed by atoms with E-state index in [4.69, 9.17) is 5.73 Å². The van der Waals surface area contributed by atoms with Crippen molar-refractivity contribution in [3.05, 3.63) is 35.7 Å². The number of allylic oxidation sites excluding steroid dienone is 1. The van der Waals surface area contributed by atoms with Gasteiger partial charge in [-0.2, -0.15) is 0 Å². The Hall–Kier alpha value is -1.84. The first kappa shape index (κ1) is 13.2. The van der Waals surface area contributed by atoms with Crippen molar-refractivity contribution in [2.75, 3.05) is 24.5 Å². The first-order chi connectivity index (χ1) is 9.76. The van der Waals surface area contributed by atoms with Crippen LogP contribution in [0.25, 0.3) is 0 Å². The van der Waals surface area contributed by atoms with E-state index in [0.717, 1.165) is 43.9 Å². The molecule has 0 bridgehead atoms. The molecular formula is C16H22N4. The van der Waals surface area contributed by atoms with Gasteiger partial charge in [0.2, 0.25) is 0 Å². The van der Waals surface area contributed by atoms with E-state index in [9.17, 15) is 0 Å². The molecule has 2 aliphatic rings. The quantitative estimate of drug-likeness (QED) is 0.915. The van der Waals surface area contributed by atoms with Crippen LogP contribution in [0.15, 0.2) is 35.1 Å². The summed E-state index contributed by atoms with van der Waals surface area (Å²) >= 11 is 0. The molecule has 2 aliphatic heterocycles. The summed E-state index contributed by atoms with van der Waals surface area (Å²) in [5, 5.41) is 0. The van der Waals surface area contributed by atoms with E-state index in [2.05, 4.69) is 40.0 Å². The van der Waals surface area contributed by atoms with Gasteiger partial charge in [-0.3, -0.25) is 4.99 Å². The summed E-state index contributed by atoms with van der Waals surface area (Å²) < 4.78 is 0. The summed E-state index contributed by atoms with van der Waals surface area (Å²) in [5.74, 6) is 1.67. The van der Waals surface area contributed by atoms with Gasteiger partial charge in [-0.15, -0.1) is 0 Å². The molecule has 3 rings (SSSR count). The van der Waals surface area contributed by atoms with Crippen LogP contribution in [-0.2, 0) is 6.42 Å². The third-order valence-corrected chi connectivity index (χ3v) is 4.23. The molecular weight excluding hydrogens is 248 g/mol. The number of pyridine rings is 1. The minimum atomic E-state index is 0.571. The lowest BCUT2D eigenvalue weighted by Gasteiger charge is -2.32. The summed E-state index contributed by atoms with van der Waals surface area (Å²) in [7, 11) is 0. The van der Waals surface area contributed by atoms with Crippen LogP contribution in [0.5, 0.6) is 0 Å². The zero-order chi connectivity index (χ0) is 13.9. The standard InChI is InChI=1S/C16H22N4/c1-2-12-3-4-16(19-10-12)20-7-5-13(6-8-20)15-9-14(17)11-18-15/h3-4,9-10,13H,2,5-8,11,17H2,1H3. The number of aromatic nitrogens is 1. The highest BCUT2D eigenvalue weighted by Gasteiger charge is 2.24. The predicted molar refractivity (Wildman–Crippen MR) is 83.1 cm³/mol. The molecule has 0 aromatic carbocycles. The minimum Gasteiger partial charge on any atom is -0.400 e. The van der Waals surface area contributed by atoms with Gasteiger partial charge in [-0.1, -0.05) is 13.0 Å². The molecule has 1 aromatic heterocycles. The van der Waals surface area contributed by atoms with Gasteiger partial charge in [-0.25, -0.2) is 4.98 Å². The third-order valence-electron chi connectivity index (χ3n) is 4.23. The van der Waals surface area contributed by atoms with E-state index in [1.165, 1.54) is 11.3 Å². The fourth-order valence-electron chi connectivity index (χ4n) is 2.93. The zero-order valence-electron chi connectivity index (χ0n) is 12.0. The SMILES string of the molecule is CCc1ccc(N2CCC(C3=NCC(N)=C3)CC2)nc1. The Morgan fingerprint density at radius 1 is 1.30 bits per heavy atom. The third kappa shape index (κ3) is 2.69. The largest absolute Gasteiger partial charge is 0.400 e. The van der Waals surface area contributed by atoms with Crippen LogP contribution in [0.2, 0.25) is 0 Å². The highest BCUT2D eigenvalue weighted by molar-refractivity contribution is 5.99. The van der Waals surface area contributed by atoms with E-state index in [-0.39, 0.29) is 0 Å². The van der Waals surface area contributed by atoms with Gasteiger partial charge >= 0.3 is 0 Å². The average molecular weight is 270 g/mol. The fraction of sp³-hybridized carbons (Fsp3) is 0.500. The average Bonchev–Trinajstić information content (AvgIpc) is 2.94. The maximum absolute atomic E-state index is 5.80. The normalized spacial score (nSPS) is 19.9. The molecule has 2 N–H and O–H groups in total. The molecule has 0 saturated carbocycles. The van der Waals surface area contributed by atoms with Gasteiger partial charge in [-0.05, 0) is 37.0 Å². The fourth-order valence-corrected chi connectivity index (χ4v) is 2.93. The number of anilines is 1. The van der Waals surface area contributed by atoms with E-state index in [1.807, 2.05) is 6.20 Å². The van der Waals surface area contributed by atoms with Crippen molar-refractivity contribution < 1.29 is 0 Å². The molecule has 1 fully saturated rings. The van der Waals surface area contributed by atoms with Gasteiger partial charge in [0.1, 0.15) is 5.82 Å². The van der Waals surface area contributed by atoms with Crippen molar-refractivity contribution in [2.24, 2.45) is 16.6 Å². The monoisotopic (exact) mass is 270 g/mol. The van der Waals surface area contributed by atoms with Gasteiger partial charge in [0.05, 0.1) is 6.54 Å². The smallest absolute Gasteiger partial charge is 0.128 e. The lowest BCUT2D eigenvalue weighted by atomic mass is 9.92. The second-order valence-electron chi connectivity index (χ2n) is 5.60. The Morgan fingerprint density at radius 2 is 2.10 bits per heavy atom. The van der Waals surface area contributed by atoms with Crippen LogP contribution in [-0.4, -0.2) is 30.3 Å². The van der Waals surface area contributed by atoms with Gasteiger partial charge in [0.25, 0.3) is 0 Å². The lowest BCUT2D eigenvalue weighted by molar-refractivity contribution is 0.500. The molecule has 0 atom stereocenters. The number of hydrogen-bond acceptors (Lipinski definition) is 4. The Balaban J connectivity index is 1.60. The molecule has 4 heteroatoms. The van der Waals surface area contributed by atoms with Crippen LogP contribution >= 0.6 is 0 Å². The molecule has 1 saturated heterocycles.